The summed E-state index contributed by atoms with van der Waals surface area (Å²) >= 11 is 0. The summed E-state index contributed by atoms with van der Waals surface area (Å²) in [7, 11) is -3.66. The molecule has 2 aromatic rings. The van der Waals surface area contributed by atoms with E-state index in [4.69, 9.17) is 5.14 Å². The number of sulfonamides is 1. The molecular weight excluding hydrogens is 304 g/mol. The maximum Gasteiger partial charge on any atom is 0.224 e. The highest BCUT2D eigenvalue weighted by molar-refractivity contribution is 7.89. The monoisotopic (exact) mass is 320 g/mol. The van der Waals surface area contributed by atoms with E-state index in [2.05, 4.69) is 9.97 Å². The SMILES string of the molecule is NS(=O)(=O)C1CC(=O)N(CCc2ccc3nccnc3c2)C1. The van der Waals surface area contributed by atoms with Crippen molar-refractivity contribution in [2.75, 3.05) is 13.1 Å². The molecule has 0 radical (unpaired) electrons. The van der Waals surface area contributed by atoms with E-state index >= 15 is 0 Å². The zero-order chi connectivity index (χ0) is 15.7. The average Bonchev–Trinajstić information content (AvgIpc) is 2.86. The largest absolute Gasteiger partial charge is 0.341 e. The van der Waals surface area contributed by atoms with Crippen molar-refractivity contribution in [3.05, 3.63) is 36.2 Å². The van der Waals surface area contributed by atoms with Crippen molar-refractivity contribution in [1.29, 1.82) is 0 Å². The van der Waals surface area contributed by atoms with E-state index in [0.29, 0.717) is 13.0 Å². The molecule has 22 heavy (non-hydrogen) atoms. The topological polar surface area (TPSA) is 106 Å². The molecule has 1 unspecified atom stereocenters. The van der Waals surface area contributed by atoms with E-state index < -0.39 is 15.3 Å². The second kappa shape index (κ2) is 5.62. The number of aromatic nitrogens is 2. The van der Waals surface area contributed by atoms with Crippen LogP contribution in [-0.2, 0) is 21.2 Å². The maximum atomic E-state index is 11.8. The third-order valence-corrected chi connectivity index (χ3v) is 5.09. The Hall–Kier alpha value is -2.06. The first-order valence-corrected chi connectivity index (χ1v) is 8.53. The highest BCUT2D eigenvalue weighted by Crippen LogP contribution is 2.18. The van der Waals surface area contributed by atoms with Crippen LogP contribution in [0, 0.1) is 0 Å². The number of primary sulfonamides is 1. The molecule has 8 heteroatoms. The van der Waals surface area contributed by atoms with Crippen molar-refractivity contribution in [1.82, 2.24) is 14.9 Å². The minimum Gasteiger partial charge on any atom is -0.341 e. The number of hydrogen-bond donors (Lipinski definition) is 1. The first-order chi connectivity index (χ1) is 10.4. The van der Waals surface area contributed by atoms with Crippen LogP contribution >= 0.6 is 0 Å². The van der Waals surface area contributed by atoms with Crippen molar-refractivity contribution < 1.29 is 13.2 Å². The molecule has 2 N–H and O–H groups in total. The number of likely N-dealkylation sites (tertiary alicyclic amines) is 1. The second-order valence-corrected chi connectivity index (χ2v) is 7.23. The van der Waals surface area contributed by atoms with Gasteiger partial charge in [-0.1, -0.05) is 6.07 Å². The van der Waals surface area contributed by atoms with Gasteiger partial charge in [-0.2, -0.15) is 0 Å². The molecule has 3 rings (SSSR count). The lowest BCUT2D eigenvalue weighted by Gasteiger charge is -2.16. The fraction of sp³-hybridized carbons (Fsp3) is 0.357. The highest BCUT2D eigenvalue weighted by Gasteiger charge is 2.35. The zero-order valence-electron chi connectivity index (χ0n) is 11.8. The van der Waals surface area contributed by atoms with Crippen molar-refractivity contribution in [2.45, 2.75) is 18.1 Å². The van der Waals surface area contributed by atoms with Crippen LogP contribution in [0.5, 0.6) is 0 Å². The van der Waals surface area contributed by atoms with E-state index in [1.165, 1.54) is 0 Å². The number of rotatable bonds is 4. The maximum absolute atomic E-state index is 11.8. The summed E-state index contributed by atoms with van der Waals surface area (Å²) in [6.45, 7) is 0.641. The Morgan fingerprint density at radius 2 is 1.95 bits per heavy atom. The van der Waals surface area contributed by atoms with Gasteiger partial charge in [0.15, 0.2) is 0 Å². The first-order valence-electron chi connectivity index (χ1n) is 6.92. The lowest BCUT2D eigenvalue weighted by atomic mass is 10.1. The summed E-state index contributed by atoms with van der Waals surface area (Å²) in [6.07, 6.45) is 3.88. The Morgan fingerprint density at radius 3 is 2.64 bits per heavy atom. The van der Waals surface area contributed by atoms with E-state index in [1.54, 1.807) is 17.3 Å². The molecule has 0 aliphatic carbocycles. The normalized spacial score (nSPS) is 19.0. The van der Waals surface area contributed by atoms with Crippen molar-refractivity contribution in [3.63, 3.8) is 0 Å². The molecule has 0 spiro atoms. The quantitative estimate of drug-likeness (QED) is 0.857. The summed E-state index contributed by atoms with van der Waals surface area (Å²) < 4.78 is 22.7. The number of amides is 1. The van der Waals surface area contributed by atoms with E-state index in [0.717, 1.165) is 16.6 Å². The Labute approximate surface area is 128 Å². The average molecular weight is 320 g/mol. The number of nitrogens with two attached hydrogens (primary N) is 1. The predicted molar refractivity (Wildman–Crippen MR) is 81.3 cm³/mol. The van der Waals surface area contributed by atoms with Gasteiger partial charge in [0.05, 0.1) is 11.0 Å². The Balaban J connectivity index is 1.68. The molecule has 1 atom stereocenters. The minimum atomic E-state index is -3.66. The van der Waals surface area contributed by atoms with Crippen LogP contribution in [0.4, 0.5) is 0 Å². The van der Waals surface area contributed by atoms with E-state index in [-0.39, 0.29) is 18.9 Å². The van der Waals surface area contributed by atoms with Gasteiger partial charge >= 0.3 is 0 Å². The van der Waals surface area contributed by atoms with Gasteiger partial charge in [0.2, 0.25) is 15.9 Å². The molecule has 1 aliphatic rings. The van der Waals surface area contributed by atoms with Gasteiger partial charge in [0, 0.05) is 31.9 Å². The smallest absolute Gasteiger partial charge is 0.224 e. The molecule has 1 aromatic carbocycles. The molecule has 2 heterocycles. The molecule has 1 fully saturated rings. The Bertz CT molecular complexity index is 822. The van der Waals surface area contributed by atoms with Gasteiger partial charge < -0.3 is 4.90 Å². The van der Waals surface area contributed by atoms with E-state index in [1.807, 2.05) is 18.2 Å². The minimum absolute atomic E-state index is 0.0258. The fourth-order valence-electron chi connectivity index (χ4n) is 2.60. The van der Waals surface area contributed by atoms with Crippen LogP contribution in [0.3, 0.4) is 0 Å². The van der Waals surface area contributed by atoms with Crippen LogP contribution in [0.25, 0.3) is 11.0 Å². The fourth-order valence-corrected chi connectivity index (χ4v) is 3.36. The number of hydrogen-bond acceptors (Lipinski definition) is 5. The number of fused-ring (bicyclic) bond motifs is 1. The van der Waals surface area contributed by atoms with E-state index in [9.17, 15) is 13.2 Å². The highest BCUT2D eigenvalue weighted by atomic mass is 32.2. The molecule has 1 saturated heterocycles. The van der Waals surface area contributed by atoms with Crippen molar-refractivity contribution in [2.24, 2.45) is 5.14 Å². The standard InChI is InChI=1S/C14H16N4O3S/c15-22(20,21)11-8-14(19)18(9-11)6-3-10-1-2-12-13(7-10)17-5-4-16-12/h1-2,4-5,7,11H,3,6,8-9H2,(H2,15,20,21). The molecule has 1 amide bonds. The molecule has 1 aliphatic heterocycles. The summed E-state index contributed by atoms with van der Waals surface area (Å²) in [5, 5.41) is 4.32. The summed E-state index contributed by atoms with van der Waals surface area (Å²) in [6, 6.07) is 5.76. The molecule has 0 bridgehead atoms. The first kappa shape index (κ1) is 14.9. The van der Waals surface area contributed by atoms with Gasteiger partial charge in [-0.15, -0.1) is 0 Å². The van der Waals surface area contributed by atoms with Crippen LogP contribution < -0.4 is 5.14 Å². The summed E-state index contributed by atoms with van der Waals surface area (Å²) in [5.41, 5.74) is 2.65. The third kappa shape index (κ3) is 3.07. The number of nitrogens with zero attached hydrogens (tertiary/aromatic N) is 3. The second-order valence-electron chi connectivity index (χ2n) is 5.38. The molecule has 116 valence electrons. The number of carbonyl (C=O) groups is 1. The lowest BCUT2D eigenvalue weighted by molar-refractivity contribution is -0.127. The van der Waals surface area contributed by atoms with Crippen molar-refractivity contribution in [3.8, 4) is 0 Å². The van der Waals surface area contributed by atoms with Gasteiger partial charge in [-0.25, -0.2) is 13.6 Å². The lowest BCUT2D eigenvalue weighted by Crippen LogP contribution is -2.33. The Kier molecular flexibility index (Phi) is 3.79. The van der Waals surface area contributed by atoms with Crippen LogP contribution in [0.1, 0.15) is 12.0 Å². The number of benzene rings is 1. The van der Waals surface area contributed by atoms with Gasteiger partial charge in [-0.3, -0.25) is 14.8 Å². The van der Waals surface area contributed by atoms with Crippen LogP contribution in [-0.4, -0.2) is 47.5 Å². The molecular formula is C14H16N4O3S. The zero-order valence-corrected chi connectivity index (χ0v) is 12.7. The molecule has 7 nitrogen and oxygen atoms in total. The Morgan fingerprint density at radius 1 is 1.23 bits per heavy atom. The number of carbonyl (C=O) groups excluding carboxylic acids is 1. The van der Waals surface area contributed by atoms with Gasteiger partial charge in [0.25, 0.3) is 0 Å². The van der Waals surface area contributed by atoms with Gasteiger partial charge in [-0.05, 0) is 24.1 Å². The predicted octanol–water partition coefficient (Wildman–Crippen LogP) is 0.0617. The summed E-state index contributed by atoms with van der Waals surface area (Å²) in [5.74, 6) is -0.167. The molecule has 0 saturated carbocycles. The van der Waals surface area contributed by atoms with Crippen LogP contribution in [0.15, 0.2) is 30.6 Å². The van der Waals surface area contributed by atoms with Gasteiger partial charge in [0.1, 0.15) is 5.25 Å². The third-order valence-electron chi connectivity index (χ3n) is 3.85. The molecule has 1 aromatic heterocycles. The van der Waals surface area contributed by atoms with Crippen LogP contribution in [0.2, 0.25) is 0 Å². The summed E-state index contributed by atoms with van der Waals surface area (Å²) in [4.78, 5) is 21.8. The van der Waals surface area contributed by atoms with Crippen molar-refractivity contribution >= 4 is 27.0 Å².